The van der Waals surface area contributed by atoms with Crippen LogP contribution in [0.4, 0.5) is 0 Å². The van der Waals surface area contributed by atoms with Crippen LogP contribution in [0.2, 0.25) is 0 Å². The fraction of sp³-hybridized carbons (Fsp3) is 0.909. The van der Waals surface area contributed by atoms with E-state index in [2.05, 4.69) is 10.2 Å². The van der Waals surface area contributed by atoms with Crippen molar-refractivity contribution in [3.05, 3.63) is 0 Å². The van der Waals surface area contributed by atoms with Gasteiger partial charge in [0, 0.05) is 0 Å². The summed E-state index contributed by atoms with van der Waals surface area (Å²) >= 11 is 0. The fourth-order valence-corrected chi connectivity index (χ4v) is 1.37. The largest absolute Gasteiger partial charge is 0.468 e. The van der Waals surface area contributed by atoms with Gasteiger partial charge in [-0.3, -0.25) is 4.79 Å². The Bertz CT molecular complexity index is 181. The number of esters is 1. The first-order valence-electron chi connectivity index (χ1n) is 5.45. The molecule has 1 atom stereocenters. The van der Waals surface area contributed by atoms with Gasteiger partial charge in [0.15, 0.2) is 0 Å². The van der Waals surface area contributed by atoms with Gasteiger partial charge in [-0.05, 0) is 39.5 Å². The van der Waals surface area contributed by atoms with Crippen molar-refractivity contribution in [2.24, 2.45) is 5.92 Å². The molecule has 0 aliphatic heterocycles. The zero-order valence-electron chi connectivity index (χ0n) is 10.5. The smallest absolute Gasteiger partial charge is 0.323 e. The van der Waals surface area contributed by atoms with Crippen LogP contribution in [-0.2, 0) is 9.53 Å². The molecule has 0 aliphatic carbocycles. The molecule has 1 N–H and O–H groups in total. The van der Waals surface area contributed by atoms with E-state index in [1.54, 1.807) is 0 Å². The van der Waals surface area contributed by atoms with Crippen molar-refractivity contribution in [3.8, 4) is 0 Å². The molecule has 0 amide bonds. The van der Waals surface area contributed by atoms with Crippen LogP contribution in [0.25, 0.3) is 0 Å². The first-order chi connectivity index (χ1) is 6.99. The first-order valence-corrected chi connectivity index (χ1v) is 5.45. The van der Waals surface area contributed by atoms with Crippen LogP contribution < -0.4 is 5.32 Å². The molecule has 0 aromatic carbocycles. The quantitative estimate of drug-likeness (QED) is 0.503. The maximum absolute atomic E-state index is 11.4. The molecule has 15 heavy (non-hydrogen) atoms. The number of nitrogens with zero attached hydrogens (tertiary/aromatic N) is 1. The fourth-order valence-electron chi connectivity index (χ4n) is 1.37. The summed E-state index contributed by atoms with van der Waals surface area (Å²) < 4.78 is 4.74. The minimum absolute atomic E-state index is 0.171. The Morgan fingerprint density at radius 3 is 2.40 bits per heavy atom. The second kappa shape index (κ2) is 7.65. The molecule has 4 heteroatoms. The molecule has 90 valence electrons. The van der Waals surface area contributed by atoms with Crippen LogP contribution in [0.3, 0.4) is 0 Å². The molecule has 0 aliphatic rings. The van der Waals surface area contributed by atoms with E-state index in [9.17, 15) is 4.79 Å². The number of hydrogen-bond acceptors (Lipinski definition) is 4. The van der Waals surface area contributed by atoms with Crippen molar-refractivity contribution in [2.75, 3.05) is 34.3 Å². The van der Waals surface area contributed by atoms with Gasteiger partial charge in [0.1, 0.15) is 6.04 Å². The van der Waals surface area contributed by atoms with Crippen molar-refractivity contribution < 1.29 is 9.53 Å². The van der Waals surface area contributed by atoms with E-state index in [1.807, 2.05) is 27.9 Å². The topological polar surface area (TPSA) is 41.6 Å². The van der Waals surface area contributed by atoms with Gasteiger partial charge < -0.3 is 15.0 Å². The van der Waals surface area contributed by atoms with E-state index in [1.165, 1.54) is 7.11 Å². The maximum Gasteiger partial charge on any atom is 0.323 e. The highest BCUT2D eigenvalue weighted by Crippen LogP contribution is 2.03. The summed E-state index contributed by atoms with van der Waals surface area (Å²) in [4.78, 5) is 13.5. The van der Waals surface area contributed by atoms with Crippen LogP contribution in [0.1, 0.15) is 20.3 Å². The van der Waals surface area contributed by atoms with Gasteiger partial charge in [-0.15, -0.1) is 0 Å². The molecular weight excluding hydrogens is 192 g/mol. The minimum atomic E-state index is -0.183. The highest BCUT2D eigenvalue weighted by Gasteiger charge is 2.21. The lowest BCUT2D eigenvalue weighted by Gasteiger charge is -2.20. The van der Waals surface area contributed by atoms with Gasteiger partial charge >= 0.3 is 5.97 Å². The average molecular weight is 216 g/mol. The van der Waals surface area contributed by atoms with E-state index in [4.69, 9.17) is 4.74 Å². The third-order valence-electron chi connectivity index (χ3n) is 2.27. The van der Waals surface area contributed by atoms with E-state index in [-0.39, 0.29) is 17.9 Å². The Balaban J connectivity index is 3.82. The third-order valence-corrected chi connectivity index (χ3v) is 2.27. The Hall–Kier alpha value is -0.610. The normalized spacial score (nSPS) is 13.3. The zero-order chi connectivity index (χ0) is 11.8. The molecule has 0 aromatic rings. The number of hydrogen-bond donors (Lipinski definition) is 1. The van der Waals surface area contributed by atoms with Crippen LogP contribution in [0.5, 0.6) is 0 Å². The van der Waals surface area contributed by atoms with Crippen LogP contribution in [-0.4, -0.2) is 51.2 Å². The molecule has 0 fully saturated rings. The Morgan fingerprint density at radius 2 is 2.00 bits per heavy atom. The average Bonchev–Trinajstić information content (AvgIpc) is 2.15. The lowest BCUT2D eigenvalue weighted by molar-refractivity contribution is -0.144. The zero-order valence-corrected chi connectivity index (χ0v) is 10.5. The molecule has 4 nitrogen and oxygen atoms in total. The summed E-state index contributed by atoms with van der Waals surface area (Å²) in [7, 11) is 5.51. The molecule has 0 rings (SSSR count). The molecule has 0 saturated heterocycles. The standard InChI is InChI=1S/C11H24N2O2/c1-9(2)10(11(14)15-5)12-7-6-8-13(3)4/h9-10,12H,6-8H2,1-5H3. The molecule has 0 aromatic heterocycles. The van der Waals surface area contributed by atoms with Gasteiger partial charge in [0.2, 0.25) is 0 Å². The van der Waals surface area contributed by atoms with E-state index >= 15 is 0 Å². The van der Waals surface area contributed by atoms with Crippen LogP contribution in [0, 0.1) is 5.92 Å². The lowest BCUT2D eigenvalue weighted by atomic mass is 10.0. The predicted octanol–water partition coefficient (Wildman–Crippen LogP) is 0.725. The molecule has 0 spiro atoms. The summed E-state index contributed by atoms with van der Waals surface area (Å²) in [6, 6.07) is -0.183. The minimum Gasteiger partial charge on any atom is -0.468 e. The molecular formula is C11H24N2O2. The van der Waals surface area contributed by atoms with Crippen molar-refractivity contribution in [3.63, 3.8) is 0 Å². The van der Waals surface area contributed by atoms with E-state index in [0.29, 0.717) is 0 Å². The number of rotatable bonds is 7. The van der Waals surface area contributed by atoms with Crippen molar-refractivity contribution in [2.45, 2.75) is 26.3 Å². The molecule has 1 unspecified atom stereocenters. The summed E-state index contributed by atoms with van der Waals surface area (Å²) in [6.45, 7) is 5.90. The van der Waals surface area contributed by atoms with Gasteiger partial charge in [0.25, 0.3) is 0 Å². The number of methoxy groups -OCH3 is 1. The predicted molar refractivity (Wildman–Crippen MR) is 61.8 cm³/mol. The number of nitrogens with one attached hydrogen (secondary N) is 1. The summed E-state index contributed by atoms with van der Waals surface area (Å²) in [5, 5.41) is 3.22. The van der Waals surface area contributed by atoms with E-state index < -0.39 is 0 Å². The Morgan fingerprint density at radius 1 is 1.40 bits per heavy atom. The number of carbonyl (C=O) groups is 1. The second-order valence-corrected chi connectivity index (χ2v) is 4.36. The van der Waals surface area contributed by atoms with Crippen molar-refractivity contribution >= 4 is 5.97 Å². The summed E-state index contributed by atoms with van der Waals surface area (Å²) in [6.07, 6.45) is 1.03. The lowest BCUT2D eigenvalue weighted by Crippen LogP contribution is -2.42. The molecule has 0 heterocycles. The molecule has 0 radical (unpaired) electrons. The summed E-state index contributed by atoms with van der Waals surface area (Å²) in [5.74, 6) is 0.0895. The number of carbonyl (C=O) groups excluding carboxylic acids is 1. The van der Waals surface area contributed by atoms with Crippen LogP contribution in [0.15, 0.2) is 0 Å². The van der Waals surface area contributed by atoms with Gasteiger partial charge in [-0.25, -0.2) is 0 Å². The second-order valence-electron chi connectivity index (χ2n) is 4.36. The molecule has 0 saturated carbocycles. The highest BCUT2D eigenvalue weighted by molar-refractivity contribution is 5.75. The van der Waals surface area contributed by atoms with Crippen molar-refractivity contribution in [1.82, 2.24) is 10.2 Å². The van der Waals surface area contributed by atoms with Crippen LogP contribution >= 0.6 is 0 Å². The van der Waals surface area contributed by atoms with Crippen molar-refractivity contribution in [1.29, 1.82) is 0 Å². The summed E-state index contributed by atoms with van der Waals surface area (Å²) in [5.41, 5.74) is 0. The third kappa shape index (κ3) is 6.47. The first kappa shape index (κ1) is 14.4. The monoisotopic (exact) mass is 216 g/mol. The maximum atomic E-state index is 11.4. The Kier molecular flexibility index (Phi) is 7.34. The Labute approximate surface area is 93.0 Å². The number of ether oxygens (including phenoxy) is 1. The SMILES string of the molecule is COC(=O)C(NCCCN(C)C)C(C)C. The molecule has 0 bridgehead atoms. The highest BCUT2D eigenvalue weighted by atomic mass is 16.5. The van der Waals surface area contributed by atoms with E-state index in [0.717, 1.165) is 19.5 Å². The van der Waals surface area contributed by atoms with Gasteiger partial charge in [0.05, 0.1) is 7.11 Å². The van der Waals surface area contributed by atoms with Gasteiger partial charge in [-0.2, -0.15) is 0 Å². The van der Waals surface area contributed by atoms with Gasteiger partial charge in [-0.1, -0.05) is 13.8 Å².